The third kappa shape index (κ3) is 4.83. The molecule has 0 unspecified atom stereocenters. The lowest BCUT2D eigenvalue weighted by Crippen LogP contribution is -2.42. The van der Waals surface area contributed by atoms with Gasteiger partial charge >= 0.3 is 0 Å². The van der Waals surface area contributed by atoms with Gasteiger partial charge in [0.1, 0.15) is 21.4 Å². The summed E-state index contributed by atoms with van der Waals surface area (Å²) < 4.78 is 5.08. The fourth-order valence-corrected chi connectivity index (χ4v) is 6.02. The number of hydrogen-bond donors (Lipinski definition) is 2. The van der Waals surface area contributed by atoms with Crippen molar-refractivity contribution in [1.29, 1.82) is 0 Å². The van der Waals surface area contributed by atoms with E-state index in [1.807, 2.05) is 6.92 Å². The highest BCUT2D eigenvalue weighted by Crippen LogP contribution is 2.40. The molecule has 3 aromatic rings. The molecule has 1 aliphatic rings. The maximum Gasteiger partial charge on any atom is 0.269 e. The Hall–Kier alpha value is -2.65. The quantitative estimate of drug-likeness (QED) is 0.346. The van der Waals surface area contributed by atoms with Gasteiger partial charge in [0, 0.05) is 15.8 Å². The standard InChI is InChI=1S/C22H24N4O3S2/c1-12-4-9-16-17(10-12)31-22-19(16)21(23-13(2)24-22)30-11-18(27)25-26-20(28)14-5-7-15(29-3)8-6-14/h5-8,12H,4,9-11H2,1-3H3,(H,25,27)(H,26,28)/t12-/m0/s1. The number of carbonyl (C=O) groups is 2. The van der Waals surface area contributed by atoms with Crippen molar-refractivity contribution < 1.29 is 14.3 Å². The Morgan fingerprint density at radius 2 is 2.00 bits per heavy atom. The molecular weight excluding hydrogens is 432 g/mol. The third-order valence-electron chi connectivity index (χ3n) is 5.24. The van der Waals surface area contributed by atoms with E-state index in [4.69, 9.17) is 4.74 Å². The molecule has 0 radical (unpaired) electrons. The molecule has 2 heterocycles. The summed E-state index contributed by atoms with van der Waals surface area (Å²) in [6.07, 6.45) is 3.27. The number of hydrazine groups is 1. The van der Waals surface area contributed by atoms with Gasteiger partial charge in [-0.05, 0) is 61.9 Å². The second-order valence-corrected chi connectivity index (χ2v) is 9.68. The van der Waals surface area contributed by atoms with Gasteiger partial charge in [0.2, 0.25) is 5.91 Å². The van der Waals surface area contributed by atoms with E-state index in [0.29, 0.717) is 23.1 Å². The van der Waals surface area contributed by atoms with Crippen molar-refractivity contribution in [2.24, 2.45) is 5.92 Å². The maximum absolute atomic E-state index is 12.3. The first-order valence-corrected chi connectivity index (χ1v) is 11.9. The minimum Gasteiger partial charge on any atom is -0.497 e. The summed E-state index contributed by atoms with van der Waals surface area (Å²) in [5, 5.41) is 1.93. The molecule has 0 aliphatic heterocycles. The first-order valence-electron chi connectivity index (χ1n) is 10.1. The van der Waals surface area contributed by atoms with Crippen LogP contribution >= 0.6 is 23.1 Å². The smallest absolute Gasteiger partial charge is 0.269 e. The normalized spacial score (nSPS) is 15.4. The van der Waals surface area contributed by atoms with Gasteiger partial charge in [0.15, 0.2) is 0 Å². The maximum atomic E-state index is 12.3. The fraction of sp³-hybridized carbons (Fsp3) is 0.364. The van der Waals surface area contributed by atoms with Crippen LogP contribution in [0.3, 0.4) is 0 Å². The molecule has 2 amide bonds. The van der Waals surface area contributed by atoms with Gasteiger partial charge in [0.25, 0.3) is 5.91 Å². The molecule has 0 spiro atoms. The molecule has 0 saturated heterocycles. The molecule has 0 fully saturated rings. The number of nitrogens with one attached hydrogen (secondary N) is 2. The number of aromatic nitrogens is 2. The van der Waals surface area contributed by atoms with Crippen LogP contribution in [0.5, 0.6) is 5.75 Å². The molecule has 1 aromatic carbocycles. The van der Waals surface area contributed by atoms with Crippen molar-refractivity contribution in [1.82, 2.24) is 20.8 Å². The molecular formula is C22H24N4O3S2. The van der Waals surface area contributed by atoms with Crippen LogP contribution < -0.4 is 15.6 Å². The Morgan fingerprint density at radius 3 is 2.74 bits per heavy atom. The van der Waals surface area contributed by atoms with E-state index in [0.717, 1.165) is 34.5 Å². The summed E-state index contributed by atoms with van der Waals surface area (Å²) in [5.41, 5.74) is 6.69. The van der Waals surface area contributed by atoms with Crippen LogP contribution in [-0.4, -0.2) is 34.6 Å². The molecule has 1 atom stereocenters. The van der Waals surface area contributed by atoms with E-state index in [1.54, 1.807) is 42.7 Å². The molecule has 2 aromatic heterocycles. The fourth-order valence-electron chi connectivity index (χ4n) is 3.63. The lowest BCUT2D eigenvalue weighted by atomic mass is 9.89. The summed E-state index contributed by atoms with van der Waals surface area (Å²) in [6.45, 7) is 4.16. The highest BCUT2D eigenvalue weighted by molar-refractivity contribution is 8.00. The molecule has 1 aliphatic carbocycles. The Bertz CT molecular complexity index is 1130. The highest BCUT2D eigenvalue weighted by Gasteiger charge is 2.24. The zero-order valence-corrected chi connectivity index (χ0v) is 19.3. The van der Waals surface area contributed by atoms with Crippen molar-refractivity contribution in [3.8, 4) is 5.75 Å². The number of methoxy groups -OCH3 is 1. The Kier molecular flexibility index (Phi) is 6.43. The molecule has 7 nitrogen and oxygen atoms in total. The summed E-state index contributed by atoms with van der Waals surface area (Å²) in [7, 11) is 1.56. The van der Waals surface area contributed by atoms with Crippen molar-refractivity contribution in [3.63, 3.8) is 0 Å². The third-order valence-corrected chi connectivity index (χ3v) is 7.36. The summed E-state index contributed by atoms with van der Waals surface area (Å²) in [5.74, 6) is 1.51. The minimum atomic E-state index is -0.387. The van der Waals surface area contributed by atoms with Crippen LogP contribution in [0.25, 0.3) is 10.2 Å². The van der Waals surface area contributed by atoms with E-state index in [1.165, 1.54) is 22.2 Å². The van der Waals surface area contributed by atoms with Crippen LogP contribution in [0, 0.1) is 12.8 Å². The summed E-state index contributed by atoms with van der Waals surface area (Å²) in [6, 6.07) is 6.65. The Morgan fingerprint density at radius 1 is 1.23 bits per heavy atom. The zero-order valence-electron chi connectivity index (χ0n) is 17.7. The summed E-state index contributed by atoms with van der Waals surface area (Å²) >= 11 is 3.13. The number of thioether (sulfide) groups is 1. The molecule has 4 rings (SSSR count). The van der Waals surface area contributed by atoms with Crippen molar-refractivity contribution >= 4 is 45.1 Å². The van der Waals surface area contributed by atoms with E-state index >= 15 is 0 Å². The number of benzene rings is 1. The number of rotatable bonds is 5. The summed E-state index contributed by atoms with van der Waals surface area (Å²) in [4.78, 5) is 36.2. The Labute approximate surface area is 189 Å². The van der Waals surface area contributed by atoms with E-state index in [-0.39, 0.29) is 17.6 Å². The molecule has 31 heavy (non-hydrogen) atoms. The molecule has 2 N–H and O–H groups in total. The number of nitrogens with zero attached hydrogens (tertiary/aromatic N) is 2. The molecule has 9 heteroatoms. The van der Waals surface area contributed by atoms with E-state index < -0.39 is 0 Å². The monoisotopic (exact) mass is 456 g/mol. The zero-order chi connectivity index (χ0) is 22.0. The minimum absolute atomic E-state index is 0.148. The lowest BCUT2D eigenvalue weighted by Gasteiger charge is -2.18. The molecule has 162 valence electrons. The van der Waals surface area contributed by atoms with Crippen LogP contribution in [0.2, 0.25) is 0 Å². The van der Waals surface area contributed by atoms with Crippen molar-refractivity contribution in [3.05, 3.63) is 46.1 Å². The number of amides is 2. The van der Waals surface area contributed by atoms with Crippen LogP contribution in [-0.2, 0) is 17.6 Å². The SMILES string of the molecule is COc1ccc(C(=O)NNC(=O)CSc2nc(C)nc3sc4c(c23)CC[C@H](C)C4)cc1. The second kappa shape index (κ2) is 9.23. The number of ether oxygens (including phenoxy) is 1. The predicted octanol–water partition coefficient (Wildman–Crippen LogP) is 3.69. The van der Waals surface area contributed by atoms with Gasteiger partial charge in [0.05, 0.1) is 12.9 Å². The number of fused-ring (bicyclic) bond motifs is 3. The van der Waals surface area contributed by atoms with E-state index in [2.05, 4.69) is 27.7 Å². The van der Waals surface area contributed by atoms with Gasteiger partial charge in [-0.1, -0.05) is 18.7 Å². The van der Waals surface area contributed by atoms with Gasteiger partial charge in [-0.3, -0.25) is 20.4 Å². The van der Waals surface area contributed by atoms with Gasteiger partial charge < -0.3 is 4.74 Å². The average molecular weight is 457 g/mol. The molecule has 0 bridgehead atoms. The van der Waals surface area contributed by atoms with Gasteiger partial charge in [-0.2, -0.15) is 0 Å². The predicted molar refractivity (Wildman–Crippen MR) is 123 cm³/mol. The highest BCUT2D eigenvalue weighted by atomic mass is 32.2. The number of aryl methyl sites for hydroxylation is 2. The average Bonchev–Trinajstić information content (AvgIpc) is 3.12. The Balaban J connectivity index is 1.40. The number of thiophene rings is 1. The van der Waals surface area contributed by atoms with Crippen LogP contribution in [0.4, 0.5) is 0 Å². The van der Waals surface area contributed by atoms with Crippen LogP contribution in [0.1, 0.15) is 40.0 Å². The first-order chi connectivity index (χ1) is 14.9. The van der Waals surface area contributed by atoms with Gasteiger partial charge in [-0.25, -0.2) is 9.97 Å². The van der Waals surface area contributed by atoms with Crippen molar-refractivity contribution in [2.75, 3.05) is 12.9 Å². The van der Waals surface area contributed by atoms with Crippen molar-refractivity contribution in [2.45, 2.75) is 38.1 Å². The van der Waals surface area contributed by atoms with Crippen LogP contribution in [0.15, 0.2) is 29.3 Å². The largest absolute Gasteiger partial charge is 0.497 e. The first kappa shape index (κ1) is 21.6. The second-order valence-electron chi connectivity index (χ2n) is 7.63. The molecule has 0 saturated carbocycles. The topological polar surface area (TPSA) is 93.2 Å². The number of hydrogen-bond acceptors (Lipinski definition) is 7. The van der Waals surface area contributed by atoms with Gasteiger partial charge in [-0.15, -0.1) is 11.3 Å². The lowest BCUT2D eigenvalue weighted by molar-refractivity contribution is -0.119. The van der Waals surface area contributed by atoms with E-state index in [9.17, 15) is 9.59 Å². The number of carbonyl (C=O) groups excluding carboxylic acids is 2.